The van der Waals surface area contributed by atoms with Crippen LogP contribution in [0.4, 0.5) is 0 Å². The summed E-state index contributed by atoms with van der Waals surface area (Å²) in [5.41, 5.74) is -0.0724. The molecule has 2 heteroatoms. The van der Waals surface area contributed by atoms with Crippen molar-refractivity contribution in [3.8, 4) is 0 Å². The Bertz CT molecular complexity index is 396. The summed E-state index contributed by atoms with van der Waals surface area (Å²) in [6, 6.07) is 0. The normalized spacial score (nSPS) is 45.4. The van der Waals surface area contributed by atoms with Crippen LogP contribution in [0.25, 0.3) is 0 Å². The molecule has 0 spiro atoms. The lowest BCUT2D eigenvalue weighted by Crippen LogP contribution is -2.48. The molecule has 0 aromatic rings. The van der Waals surface area contributed by atoms with Gasteiger partial charge in [-0.3, -0.25) is 4.79 Å². The van der Waals surface area contributed by atoms with Gasteiger partial charge in [0.25, 0.3) is 0 Å². The van der Waals surface area contributed by atoms with E-state index in [0.717, 1.165) is 36.5 Å². The van der Waals surface area contributed by atoms with Crippen molar-refractivity contribution < 1.29 is 9.53 Å². The average molecular weight is 276 g/mol. The zero-order valence-corrected chi connectivity index (χ0v) is 12.8. The maximum atomic E-state index is 11.7. The third-order valence-electron chi connectivity index (χ3n) is 7.15. The highest BCUT2D eigenvalue weighted by Gasteiger charge is 2.60. The van der Waals surface area contributed by atoms with Crippen molar-refractivity contribution in [3.05, 3.63) is 0 Å². The average Bonchev–Trinajstić information content (AvgIpc) is 3.11. The summed E-state index contributed by atoms with van der Waals surface area (Å²) in [5, 5.41) is 0. The third kappa shape index (κ3) is 1.86. The molecule has 4 aliphatic rings. The number of rotatable bonds is 2. The molecular formula is C18H28O2. The molecule has 4 fully saturated rings. The molecule has 112 valence electrons. The molecule has 0 radical (unpaired) electrons. The fourth-order valence-electron chi connectivity index (χ4n) is 6.66. The lowest BCUT2D eigenvalue weighted by molar-refractivity contribution is -0.174. The highest BCUT2D eigenvalue weighted by Crippen LogP contribution is 2.64. The van der Waals surface area contributed by atoms with E-state index in [4.69, 9.17) is 4.74 Å². The highest BCUT2D eigenvalue weighted by atomic mass is 16.6. The number of carbonyl (C=O) groups excluding carboxylic acids is 1. The first kappa shape index (κ1) is 13.2. The van der Waals surface area contributed by atoms with Crippen molar-refractivity contribution >= 4 is 5.97 Å². The minimum absolute atomic E-state index is 0.0438. The zero-order chi connectivity index (χ0) is 13.7. The van der Waals surface area contributed by atoms with Crippen molar-refractivity contribution in [2.24, 2.45) is 29.6 Å². The molecule has 4 saturated carbocycles. The molecule has 2 bridgehead atoms. The smallest absolute Gasteiger partial charge is 0.303 e. The van der Waals surface area contributed by atoms with Crippen molar-refractivity contribution in [1.82, 2.24) is 0 Å². The summed E-state index contributed by atoms with van der Waals surface area (Å²) in [5.74, 6) is 4.51. The minimum atomic E-state index is -0.0724. The van der Waals surface area contributed by atoms with Crippen molar-refractivity contribution in [3.63, 3.8) is 0 Å². The van der Waals surface area contributed by atoms with Gasteiger partial charge in [-0.1, -0.05) is 12.8 Å². The highest BCUT2D eigenvalue weighted by molar-refractivity contribution is 5.66. The molecule has 20 heavy (non-hydrogen) atoms. The van der Waals surface area contributed by atoms with Crippen LogP contribution >= 0.6 is 0 Å². The van der Waals surface area contributed by atoms with E-state index in [0.29, 0.717) is 5.92 Å². The molecular weight excluding hydrogens is 248 g/mol. The Morgan fingerprint density at radius 1 is 0.950 bits per heavy atom. The molecule has 0 amide bonds. The topological polar surface area (TPSA) is 26.3 Å². The van der Waals surface area contributed by atoms with E-state index in [1.165, 1.54) is 51.4 Å². The maximum Gasteiger partial charge on any atom is 0.303 e. The fourth-order valence-corrected chi connectivity index (χ4v) is 6.66. The Kier molecular flexibility index (Phi) is 3.12. The van der Waals surface area contributed by atoms with E-state index in [-0.39, 0.29) is 11.6 Å². The molecule has 4 aliphatic carbocycles. The molecule has 5 unspecified atom stereocenters. The zero-order valence-electron chi connectivity index (χ0n) is 12.8. The number of fused-ring (bicyclic) bond motifs is 5. The maximum absolute atomic E-state index is 11.7. The van der Waals surface area contributed by atoms with Gasteiger partial charge in [0.05, 0.1) is 0 Å². The Labute approximate surface area is 122 Å². The fraction of sp³-hybridized carbons (Fsp3) is 0.944. The van der Waals surface area contributed by atoms with Gasteiger partial charge in [-0.2, -0.15) is 0 Å². The van der Waals surface area contributed by atoms with E-state index < -0.39 is 0 Å². The SMILES string of the molecule is CC(=O)OC1(C2CC3CC2C2CCCC32)CCCCC1. The van der Waals surface area contributed by atoms with Crippen LogP contribution in [0, 0.1) is 29.6 Å². The lowest BCUT2D eigenvalue weighted by Gasteiger charge is -2.47. The van der Waals surface area contributed by atoms with Gasteiger partial charge < -0.3 is 4.74 Å². The Morgan fingerprint density at radius 3 is 2.45 bits per heavy atom. The predicted molar refractivity (Wildman–Crippen MR) is 78.1 cm³/mol. The lowest BCUT2D eigenvalue weighted by atomic mass is 9.64. The molecule has 4 rings (SSSR count). The van der Waals surface area contributed by atoms with E-state index in [1.807, 2.05) is 0 Å². The molecule has 0 aromatic carbocycles. The van der Waals surface area contributed by atoms with Crippen LogP contribution in [-0.2, 0) is 9.53 Å². The largest absolute Gasteiger partial charge is 0.459 e. The molecule has 0 saturated heterocycles. The second-order valence-corrected chi connectivity index (χ2v) is 7.98. The molecule has 0 aliphatic heterocycles. The van der Waals surface area contributed by atoms with Crippen molar-refractivity contribution in [1.29, 1.82) is 0 Å². The number of carbonyl (C=O) groups is 1. The third-order valence-corrected chi connectivity index (χ3v) is 7.15. The number of hydrogen-bond acceptors (Lipinski definition) is 2. The summed E-state index contributed by atoms with van der Waals surface area (Å²) < 4.78 is 6.02. The number of esters is 1. The quantitative estimate of drug-likeness (QED) is 0.702. The standard InChI is InChI=1S/C18H28O2/c1-12(19)20-18(8-3-2-4-9-18)17-11-13-10-16(17)15-7-5-6-14(13)15/h13-17H,2-11H2,1H3. The van der Waals surface area contributed by atoms with Crippen LogP contribution in [0.3, 0.4) is 0 Å². The number of ether oxygens (including phenoxy) is 1. The van der Waals surface area contributed by atoms with E-state index in [2.05, 4.69) is 0 Å². The first-order valence-electron chi connectivity index (χ1n) is 8.89. The summed E-state index contributed by atoms with van der Waals surface area (Å²) in [6.07, 6.45) is 13.3. The van der Waals surface area contributed by atoms with E-state index in [9.17, 15) is 4.79 Å². The Morgan fingerprint density at radius 2 is 1.70 bits per heavy atom. The van der Waals surface area contributed by atoms with Crippen molar-refractivity contribution in [2.45, 2.75) is 76.7 Å². The second-order valence-electron chi connectivity index (χ2n) is 7.98. The van der Waals surface area contributed by atoms with Gasteiger partial charge in [-0.15, -0.1) is 0 Å². The van der Waals surface area contributed by atoms with Crippen LogP contribution in [0.1, 0.15) is 71.1 Å². The molecule has 0 aromatic heterocycles. The van der Waals surface area contributed by atoms with Gasteiger partial charge in [0.1, 0.15) is 5.60 Å². The number of hydrogen-bond donors (Lipinski definition) is 0. The molecule has 0 N–H and O–H groups in total. The first-order chi connectivity index (χ1) is 9.70. The second kappa shape index (κ2) is 4.74. The van der Waals surface area contributed by atoms with Gasteiger partial charge in [0.2, 0.25) is 0 Å². The van der Waals surface area contributed by atoms with E-state index in [1.54, 1.807) is 6.92 Å². The first-order valence-corrected chi connectivity index (χ1v) is 8.89. The van der Waals surface area contributed by atoms with Crippen molar-refractivity contribution in [2.75, 3.05) is 0 Å². The molecule has 2 nitrogen and oxygen atoms in total. The van der Waals surface area contributed by atoms with E-state index >= 15 is 0 Å². The van der Waals surface area contributed by atoms with Crippen LogP contribution in [-0.4, -0.2) is 11.6 Å². The van der Waals surface area contributed by atoms with Gasteiger partial charge in [0, 0.05) is 12.8 Å². The van der Waals surface area contributed by atoms with Gasteiger partial charge in [0.15, 0.2) is 0 Å². The van der Waals surface area contributed by atoms with Gasteiger partial charge in [-0.05, 0) is 75.0 Å². The molecule has 0 heterocycles. The Hall–Kier alpha value is -0.530. The molecule has 5 atom stereocenters. The predicted octanol–water partition coefficient (Wildman–Crippen LogP) is 4.32. The van der Waals surface area contributed by atoms with Gasteiger partial charge >= 0.3 is 5.97 Å². The van der Waals surface area contributed by atoms with Crippen LogP contribution in [0.5, 0.6) is 0 Å². The summed E-state index contributed by atoms with van der Waals surface area (Å²) in [4.78, 5) is 11.7. The minimum Gasteiger partial charge on any atom is -0.459 e. The van der Waals surface area contributed by atoms with Crippen LogP contribution < -0.4 is 0 Å². The van der Waals surface area contributed by atoms with Crippen LogP contribution in [0.2, 0.25) is 0 Å². The summed E-state index contributed by atoms with van der Waals surface area (Å²) >= 11 is 0. The summed E-state index contributed by atoms with van der Waals surface area (Å²) in [7, 11) is 0. The van der Waals surface area contributed by atoms with Gasteiger partial charge in [-0.25, -0.2) is 0 Å². The Balaban J connectivity index is 1.59. The summed E-state index contributed by atoms with van der Waals surface area (Å²) in [6.45, 7) is 1.61. The van der Waals surface area contributed by atoms with Crippen LogP contribution in [0.15, 0.2) is 0 Å². The monoisotopic (exact) mass is 276 g/mol.